The average Bonchev–Trinajstić information content (AvgIpc) is 2.68. The van der Waals surface area contributed by atoms with Crippen molar-refractivity contribution >= 4 is 31.5 Å². The number of thiophene rings is 1. The molecular formula is C16H16S. The van der Waals surface area contributed by atoms with E-state index in [-0.39, 0.29) is 0 Å². The van der Waals surface area contributed by atoms with Gasteiger partial charge in [-0.15, -0.1) is 11.3 Å². The normalized spacial score (nSPS) is 11.8. The second kappa shape index (κ2) is 3.85. The van der Waals surface area contributed by atoms with E-state index in [1.165, 1.54) is 31.3 Å². The second-order valence-corrected chi connectivity index (χ2v) is 6.02. The van der Waals surface area contributed by atoms with E-state index in [4.69, 9.17) is 0 Å². The molecule has 3 rings (SSSR count). The smallest absolute Gasteiger partial charge is 0.0384 e. The molecular weight excluding hydrogens is 224 g/mol. The van der Waals surface area contributed by atoms with E-state index >= 15 is 0 Å². The lowest BCUT2D eigenvalue weighted by molar-refractivity contribution is 0.867. The highest BCUT2D eigenvalue weighted by atomic mass is 32.1. The highest BCUT2D eigenvalue weighted by molar-refractivity contribution is 7.26. The first-order valence-electron chi connectivity index (χ1n) is 6.08. The third-order valence-electron chi connectivity index (χ3n) is 3.35. The summed E-state index contributed by atoms with van der Waals surface area (Å²) in [6.45, 7) is 6.74. The molecule has 0 nitrogen and oxygen atoms in total. The minimum Gasteiger partial charge on any atom is -0.135 e. The topological polar surface area (TPSA) is 0 Å². The number of aryl methyl sites for hydroxylation is 1. The Bertz CT molecular complexity index is 689. The van der Waals surface area contributed by atoms with E-state index < -0.39 is 0 Å². The van der Waals surface area contributed by atoms with Gasteiger partial charge in [-0.25, -0.2) is 0 Å². The van der Waals surface area contributed by atoms with E-state index in [9.17, 15) is 0 Å². The Morgan fingerprint density at radius 1 is 1.00 bits per heavy atom. The third-order valence-corrected chi connectivity index (χ3v) is 4.67. The number of rotatable bonds is 1. The van der Waals surface area contributed by atoms with E-state index in [0.29, 0.717) is 5.92 Å². The summed E-state index contributed by atoms with van der Waals surface area (Å²) in [5.41, 5.74) is 2.85. The zero-order chi connectivity index (χ0) is 12.0. The fourth-order valence-electron chi connectivity index (χ4n) is 2.36. The predicted octanol–water partition coefficient (Wildman–Crippen LogP) is 5.49. The van der Waals surface area contributed by atoms with Crippen LogP contribution < -0.4 is 0 Å². The van der Waals surface area contributed by atoms with Crippen LogP contribution in [0.5, 0.6) is 0 Å². The van der Waals surface area contributed by atoms with Crippen LogP contribution in [0.4, 0.5) is 0 Å². The lowest BCUT2D eigenvalue weighted by Crippen LogP contribution is -1.87. The van der Waals surface area contributed by atoms with Crippen molar-refractivity contribution in [2.24, 2.45) is 0 Å². The van der Waals surface area contributed by atoms with Crippen molar-refractivity contribution in [1.82, 2.24) is 0 Å². The van der Waals surface area contributed by atoms with Gasteiger partial charge in [-0.05, 0) is 36.1 Å². The van der Waals surface area contributed by atoms with Crippen LogP contribution in [0.15, 0.2) is 36.4 Å². The number of hydrogen-bond acceptors (Lipinski definition) is 1. The molecule has 0 amide bonds. The van der Waals surface area contributed by atoms with Crippen molar-refractivity contribution in [3.63, 3.8) is 0 Å². The van der Waals surface area contributed by atoms with Crippen LogP contribution in [-0.2, 0) is 0 Å². The lowest BCUT2D eigenvalue weighted by Gasteiger charge is -2.07. The second-order valence-electron chi connectivity index (χ2n) is 4.97. The van der Waals surface area contributed by atoms with Gasteiger partial charge in [0.1, 0.15) is 0 Å². The van der Waals surface area contributed by atoms with Gasteiger partial charge in [0.25, 0.3) is 0 Å². The summed E-state index contributed by atoms with van der Waals surface area (Å²) in [5, 5.41) is 2.83. The summed E-state index contributed by atoms with van der Waals surface area (Å²) in [6, 6.07) is 13.4. The van der Waals surface area contributed by atoms with E-state index in [0.717, 1.165) is 0 Å². The zero-order valence-corrected chi connectivity index (χ0v) is 11.3. The fraction of sp³-hybridized carbons (Fsp3) is 0.250. The molecule has 0 atom stereocenters. The molecule has 0 bridgehead atoms. The Hall–Kier alpha value is -1.34. The molecule has 0 radical (unpaired) electrons. The zero-order valence-electron chi connectivity index (χ0n) is 10.4. The standard InChI is InChI=1S/C16H16S/c1-10(2)12-8-11(3)16-14(9-12)13-6-4-5-7-15(13)17-16/h4-10H,1-3H3. The number of benzene rings is 2. The van der Waals surface area contributed by atoms with Gasteiger partial charge >= 0.3 is 0 Å². The van der Waals surface area contributed by atoms with E-state index in [2.05, 4.69) is 57.2 Å². The first-order chi connectivity index (χ1) is 8.16. The first-order valence-corrected chi connectivity index (χ1v) is 6.90. The van der Waals surface area contributed by atoms with Crippen LogP contribution >= 0.6 is 11.3 Å². The molecule has 0 aliphatic heterocycles. The molecule has 0 aliphatic rings. The molecule has 3 aromatic rings. The molecule has 0 saturated carbocycles. The molecule has 86 valence electrons. The van der Waals surface area contributed by atoms with Gasteiger partial charge in [-0.3, -0.25) is 0 Å². The van der Waals surface area contributed by atoms with Gasteiger partial charge in [0.05, 0.1) is 0 Å². The molecule has 0 N–H and O–H groups in total. The monoisotopic (exact) mass is 240 g/mol. The summed E-state index contributed by atoms with van der Waals surface area (Å²) in [4.78, 5) is 0. The van der Waals surface area contributed by atoms with Crippen molar-refractivity contribution in [2.45, 2.75) is 26.7 Å². The summed E-state index contributed by atoms with van der Waals surface area (Å²) in [6.07, 6.45) is 0. The van der Waals surface area contributed by atoms with Crippen LogP contribution in [0.2, 0.25) is 0 Å². The molecule has 2 aromatic carbocycles. The maximum atomic E-state index is 2.37. The third kappa shape index (κ3) is 1.66. The molecule has 1 heteroatoms. The van der Waals surface area contributed by atoms with Crippen LogP contribution in [-0.4, -0.2) is 0 Å². The van der Waals surface area contributed by atoms with Crippen molar-refractivity contribution in [3.8, 4) is 0 Å². The summed E-state index contributed by atoms with van der Waals surface area (Å²) in [7, 11) is 0. The van der Waals surface area contributed by atoms with Crippen LogP contribution in [0.3, 0.4) is 0 Å². The van der Waals surface area contributed by atoms with Gasteiger partial charge in [-0.1, -0.05) is 38.1 Å². The summed E-state index contributed by atoms with van der Waals surface area (Å²) >= 11 is 1.91. The van der Waals surface area contributed by atoms with Gasteiger partial charge < -0.3 is 0 Å². The Morgan fingerprint density at radius 3 is 2.53 bits per heavy atom. The Kier molecular flexibility index (Phi) is 2.44. The van der Waals surface area contributed by atoms with E-state index in [1.807, 2.05) is 11.3 Å². The molecule has 17 heavy (non-hydrogen) atoms. The summed E-state index contributed by atoms with van der Waals surface area (Å²) in [5.74, 6) is 0.594. The molecule has 0 saturated heterocycles. The van der Waals surface area contributed by atoms with Crippen molar-refractivity contribution < 1.29 is 0 Å². The maximum absolute atomic E-state index is 2.37. The van der Waals surface area contributed by atoms with Crippen LogP contribution in [0.1, 0.15) is 30.9 Å². The molecule has 1 heterocycles. The average molecular weight is 240 g/mol. The Labute approximate surface area is 106 Å². The predicted molar refractivity (Wildman–Crippen MR) is 78.2 cm³/mol. The first kappa shape index (κ1) is 10.8. The van der Waals surface area contributed by atoms with Gasteiger partial charge in [0.2, 0.25) is 0 Å². The molecule has 1 aromatic heterocycles. The summed E-state index contributed by atoms with van der Waals surface area (Å²) < 4.78 is 2.84. The highest BCUT2D eigenvalue weighted by Gasteiger charge is 2.09. The van der Waals surface area contributed by atoms with Crippen molar-refractivity contribution in [3.05, 3.63) is 47.5 Å². The molecule has 0 fully saturated rings. The fourth-order valence-corrected chi connectivity index (χ4v) is 3.51. The highest BCUT2D eigenvalue weighted by Crippen LogP contribution is 2.37. The minimum absolute atomic E-state index is 0.594. The minimum atomic E-state index is 0.594. The van der Waals surface area contributed by atoms with Crippen molar-refractivity contribution in [2.75, 3.05) is 0 Å². The SMILES string of the molecule is Cc1cc(C(C)C)cc2c1sc1ccccc12. The van der Waals surface area contributed by atoms with Crippen LogP contribution in [0, 0.1) is 6.92 Å². The van der Waals surface area contributed by atoms with Crippen molar-refractivity contribution in [1.29, 1.82) is 0 Å². The quantitative estimate of drug-likeness (QED) is 0.528. The Morgan fingerprint density at radius 2 is 1.76 bits per heavy atom. The maximum Gasteiger partial charge on any atom is 0.0384 e. The molecule has 0 aliphatic carbocycles. The number of fused-ring (bicyclic) bond motifs is 3. The molecule has 0 unspecified atom stereocenters. The van der Waals surface area contributed by atoms with Gasteiger partial charge in [-0.2, -0.15) is 0 Å². The van der Waals surface area contributed by atoms with Gasteiger partial charge in [0.15, 0.2) is 0 Å². The largest absolute Gasteiger partial charge is 0.135 e. The Balaban J connectivity index is 2.46. The van der Waals surface area contributed by atoms with E-state index in [1.54, 1.807) is 0 Å². The molecule has 0 spiro atoms. The van der Waals surface area contributed by atoms with Gasteiger partial charge in [0, 0.05) is 20.2 Å². The number of hydrogen-bond donors (Lipinski definition) is 0. The van der Waals surface area contributed by atoms with Crippen LogP contribution in [0.25, 0.3) is 20.2 Å². The lowest BCUT2D eigenvalue weighted by atomic mass is 9.98.